The zero-order valence-corrected chi connectivity index (χ0v) is 21.9. The molecule has 0 spiro atoms. The van der Waals surface area contributed by atoms with Crippen LogP contribution >= 0.6 is 23.1 Å². The highest BCUT2D eigenvalue weighted by Gasteiger charge is 2.14. The van der Waals surface area contributed by atoms with E-state index in [4.69, 9.17) is 9.47 Å². The normalized spacial score (nSPS) is 11.1. The van der Waals surface area contributed by atoms with E-state index in [-0.39, 0.29) is 16.6 Å². The molecule has 1 aromatic heterocycles. The van der Waals surface area contributed by atoms with Gasteiger partial charge < -0.3 is 14.8 Å². The number of ether oxygens (including phenoxy) is 2. The summed E-state index contributed by atoms with van der Waals surface area (Å²) in [6, 6.07) is 20.5. The summed E-state index contributed by atoms with van der Waals surface area (Å²) >= 11 is 2.67. The summed E-state index contributed by atoms with van der Waals surface area (Å²) in [5.74, 6) is 1.22. The average Bonchev–Trinajstić information content (AvgIpc) is 3.36. The second kappa shape index (κ2) is 11.5. The van der Waals surface area contributed by atoms with Crippen molar-refractivity contribution in [2.75, 3.05) is 30.0 Å². The van der Waals surface area contributed by atoms with Crippen LogP contribution in [0.25, 0.3) is 11.3 Å². The van der Waals surface area contributed by atoms with Crippen LogP contribution in [0.4, 0.5) is 10.8 Å². The van der Waals surface area contributed by atoms with E-state index in [1.165, 1.54) is 35.2 Å². The molecule has 0 saturated carbocycles. The average molecular weight is 542 g/mol. The first-order valence-electron chi connectivity index (χ1n) is 10.7. The van der Waals surface area contributed by atoms with Gasteiger partial charge in [-0.25, -0.2) is 13.4 Å². The number of amides is 1. The van der Waals surface area contributed by atoms with Gasteiger partial charge >= 0.3 is 0 Å². The third-order valence-electron chi connectivity index (χ3n) is 4.96. The van der Waals surface area contributed by atoms with Crippen LogP contribution in [-0.4, -0.2) is 39.3 Å². The molecule has 2 N–H and O–H groups in total. The fourth-order valence-electron chi connectivity index (χ4n) is 3.20. The predicted molar refractivity (Wildman–Crippen MR) is 144 cm³/mol. The Morgan fingerprint density at radius 3 is 2.39 bits per heavy atom. The molecule has 1 amide bonds. The maximum Gasteiger partial charge on any atom is 0.261 e. The number of benzene rings is 3. The van der Waals surface area contributed by atoms with E-state index in [1.54, 1.807) is 62.8 Å². The van der Waals surface area contributed by atoms with Gasteiger partial charge in [0.2, 0.25) is 5.91 Å². The Balaban J connectivity index is 1.31. The van der Waals surface area contributed by atoms with Crippen molar-refractivity contribution in [3.8, 4) is 22.8 Å². The Morgan fingerprint density at radius 1 is 0.972 bits per heavy atom. The van der Waals surface area contributed by atoms with E-state index < -0.39 is 10.0 Å². The van der Waals surface area contributed by atoms with Gasteiger partial charge in [-0.3, -0.25) is 9.52 Å². The number of anilines is 2. The zero-order valence-electron chi connectivity index (χ0n) is 19.4. The Bertz CT molecular complexity index is 1440. The molecule has 0 unspecified atom stereocenters. The lowest BCUT2D eigenvalue weighted by Crippen LogP contribution is -2.14. The molecule has 3 aromatic carbocycles. The standard InChI is InChI=1S/C25H23N3O5S3/c1-32-22-13-8-17(14-23(22)33-2)21-15-35-25(26-21)27-24(29)16-34-19-11-9-18(10-12-19)28-36(30,31)20-6-4-3-5-7-20/h3-15,28H,16H2,1-2H3,(H,26,27,29). The monoisotopic (exact) mass is 541 g/mol. The number of hydrogen-bond acceptors (Lipinski definition) is 8. The largest absolute Gasteiger partial charge is 0.493 e. The van der Waals surface area contributed by atoms with Gasteiger partial charge in [0.1, 0.15) is 0 Å². The van der Waals surface area contributed by atoms with Crippen LogP contribution in [0.2, 0.25) is 0 Å². The number of aromatic nitrogens is 1. The van der Waals surface area contributed by atoms with Crippen LogP contribution in [0.5, 0.6) is 11.5 Å². The third kappa shape index (κ3) is 6.36. The molecule has 4 aromatic rings. The maximum absolute atomic E-state index is 12.4. The highest BCUT2D eigenvalue weighted by Crippen LogP contribution is 2.33. The summed E-state index contributed by atoms with van der Waals surface area (Å²) in [7, 11) is -0.503. The van der Waals surface area contributed by atoms with E-state index in [1.807, 2.05) is 17.5 Å². The van der Waals surface area contributed by atoms with Crippen molar-refractivity contribution in [3.05, 3.63) is 78.2 Å². The minimum Gasteiger partial charge on any atom is -0.493 e. The quantitative estimate of drug-likeness (QED) is 0.260. The first kappa shape index (κ1) is 25.5. The molecular formula is C25H23N3O5S3. The Morgan fingerprint density at radius 2 is 1.69 bits per heavy atom. The molecule has 8 nitrogen and oxygen atoms in total. The molecule has 0 aliphatic heterocycles. The zero-order chi connectivity index (χ0) is 25.5. The van der Waals surface area contributed by atoms with Crippen molar-refractivity contribution in [2.24, 2.45) is 0 Å². The van der Waals surface area contributed by atoms with Gasteiger partial charge in [0, 0.05) is 21.5 Å². The second-order valence-corrected chi connectivity index (χ2v) is 11.0. The van der Waals surface area contributed by atoms with E-state index >= 15 is 0 Å². The van der Waals surface area contributed by atoms with E-state index in [9.17, 15) is 13.2 Å². The van der Waals surface area contributed by atoms with Crippen molar-refractivity contribution in [1.29, 1.82) is 0 Å². The predicted octanol–water partition coefficient (Wildman–Crippen LogP) is 5.36. The molecule has 36 heavy (non-hydrogen) atoms. The fourth-order valence-corrected chi connectivity index (χ4v) is 5.71. The smallest absolute Gasteiger partial charge is 0.261 e. The van der Waals surface area contributed by atoms with E-state index in [0.717, 1.165) is 16.2 Å². The van der Waals surface area contributed by atoms with Gasteiger partial charge in [0.25, 0.3) is 10.0 Å². The third-order valence-corrected chi connectivity index (χ3v) is 8.13. The molecule has 186 valence electrons. The van der Waals surface area contributed by atoms with Crippen LogP contribution in [0.15, 0.2) is 88.0 Å². The minimum absolute atomic E-state index is 0.181. The lowest BCUT2D eigenvalue weighted by atomic mass is 10.1. The number of hydrogen-bond donors (Lipinski definition) is 2. The van der Waals surface area contributed by atoms with Crippen LogP contribution in [-0.2, 0) is 14.8 Å². The SMILES string of the molecule is COc1ccc(-c2csc(NC(=O)CSc3ccc(NS(=O)(=O)c4ccccc4)cc3)n2)cc1OC. The highest BCUT2D eigenvalue weighted by molar-refractivity contribution is 8.00. The molecule has 0 bridgehead atoms. The molecule has 0 saturated heterocycles. The summed E-state index contributed by atoms with van der Waals surface area (Å²) < 4.78 is 38.0. The lowest BCUT2D eigenvalue weighted by Gasteiger charge is -2.09. The Kier molecular flexibility index (Phi) is 8.14. The van der Waals surface area contributed by atoms with E-state index in [0.29, 0.717) is 22.3 Å². The number of thioether (sulfide) groups is 1. The van der Waals surface area contributed by atoms with Gasteiger partial charge in [0.15, 0.2) is 16.6 Å². The number of carbonyl (C=O) groups excluding carboxylic acids is 1. The molecule has 0 fully saturated rings. The van der Waals surface area contributed by atoms with Crippen molar-refractivity contribution in [1.82, 2.24) is 4.98 Å². The van der Waals surface area contributed by atoms with Gasteiger partial charge in [-0.05, 0) is 54.6 Å². The molecule has 11 heteroatoms. The lowest BCUT2D eigenvalue weighted by molar-refractivity contribution is -0.113. The summed E-state index contributed by atoms with van der Waals surface area (Å²) in [5, 5.41) is 5.17. The number of rotatable bonds is 10. The topological polar surface area (TPSA) is 107 Å². The van der Waals surface area contributed by atoms with Crippen LogP contribution in [0.3, 0.4) is 0 Å². The van der Waals surface area contributed by atoms with Gasteiger partial charge in [0.05, 0.1) is 30.6 Å². The first-order chi connectivity index (χ1) is 17.4. The summed E-state index contributed by atoms with van der Waals surface area (Å²) in [5.41, 5.74) is 2.01. The highest BCUT2D eigenvalue weighted by atomic mass is 32.2. The van der Waals surface area contributed by atoms with E-state index in [2.05, 4.69) is 15.0 Å². The number of nitrogens with zero attached hydrogens (tertiary/aromatic N) is 1. The van der Waals surface area contributed by atoms with Crippen LogP contribution in [0, 0.1) is 0 Å². The maximum atomic E-state index is 12.4. The molecule has 0 radical (unpaired) electrons. The number of sulfonamides is 1. The van der Waals surface area contributed by atoms with Crippen molar-refractivity contribution < 1.29 is 22.7 Å². The second-order valence-electron chi connectivity index (χ2n) is 7.39. The van der Waals surface area contributed by atoms with Gasteiger partial charge in [-0.1, -0.05) is 18.2 Å². The number of thiazole rings is 1. The number of nitrogens with one attached hydrogen (secondary N) is 2. The van der Waals surface area contributed by atoms with Crippen molar-refractivity contribution in [2.45, 2.75) is 9.79 Å². The number of carbonyl (C=O) groups is 1. The van der Waals surface area contributed by atoms with Crippen LogP contribution < -0.4 is 19.5 Å². The van der Waals surface area contributed by atoms with Gasteiger partial charge in [-0.2, -0.15) is 0 Å². The van der Waals surface area contributed by atoms with Crippen molar-refractivity contribution in [3.63, 3.8) is 0 Å². The Hall–Kier alpha value is -3.54. The van der Waals surface area contributed by atoms with Crippen molar-refractivity contribution >= 4 is 49.8 Å². The first-order valence-corrected chi connectivity index (χ1v) is 14.0. The molecule has 4 rings (SSSR count). The Labute approximate surface area is 217 Å². The number of methoxy groups -OCH3 is 2. The summed E-state index contributed by atoms with van der Waals surface area (Å²) in [4.78, 5) is 17.9. The summed E-state index contributed by atoms with van der Waals surface area (Å²) in [6.07, 6.45) is 0. The van der Waals surface area contributed by atoms with Crippen LogP contribution in [0.1, 0.15) is 0 Å². The summed E-state index contributed by atoms with van der Waals surface area (Å²) in [6.45, 7) is 0. The molecular weight excluding hydrogens is 518 g/mol. The molecule has 0 atom stereocenters. The van der Waals surface area contributed by atoms with Gasteiger partial charge in [-0.15, -0.1) is 23.1 Å². The molecule has 1 heterocycles. The molecule has 0 aliphatic carbocycles. The fraction of sp³-hybridized carbons (Fsp3) is 0.120. The molecule has 0 aliphatic rings. The minimum atomic E-state index is -3.65.